The molecule has 0 aliphatic heterocycles. The van der Waals surface area contributed by atoms with Crippen LogP contribution in [0.1, 0.15) is 5.69 Å². The summed E-state index contributed by atoms with van der Waals surface area (Å²) < 4.78 is 0.468. The Hall–Kier alpha value is -1.49. The van der Waals surface area contributed by atoms with E-state index in [1.54, 1.807) is 25.4 Å². The maximum Gasteiger partial charge on any atom is 0.265 e. The van der Waals surface area contributed by atoms with Crippen molar-refractivity contribution in [2.75, 3.05) is 0 Å². The molecule has 2 aromatic rings. The van der Waals surface area contributed by atoms with Crippen molar-refractivity contribution in [2.24, 2.45) is 0 Å². The van der Waals surface area contributed by atoms with E-state index in [4.69, 9.17) is 0 Å². The number of aromatic nitrogens is 3. The molecule has 2 heterocycles. The third-order valence-electron chi connectivity index (χ3n) is 1.96. The molecule has 0 aliphatic rings. The molecule has 0 unspecified atom stereocenters. The van der Waals surface area contributed by atoms with Crippen LogP contribution in [0.15, 0.2) is 33.8 Å². The fourth-order valence-electron chi connectivity index (χ4n) is 1.21. The first-order valence-corrected chi connectivity index (χ1v) is 5.14. The molecule has 0 aliphatic carbocycles. The highest BCUT2D eigenvalue weighted by Crippen LogP contribution is 2.14. The second-order valence-electron chi connectivity index (χ2n) is 3.06. The molecule has 0 saturated heterocycles. The highest BCUT2D eigenvalue weighted by atomic mass is 79.9. The van der Waals surface area contributed by atoms with E-state index in [1.807, 2.05) is 6.07 Å². The second kappa shape index (κ2) is 3.94. The number of hydrogen-bond donors (Lipinski definition) is 1. The van der Waals surface area contributed by atoms with E-state index in [1.165, 1.54) is 0 Å². The van der Waals surface area contributed by atoms with Crippen molar-refractivity contribution in [3.8, 4) is 11.4 Å². The van der Waals surface area contributed by atoms with Gasteiger partial charge in [-0.25, -0.2) is 4.98 Å². The first-order valence-electron chi connectivity index (χ1n) is 4.35. The molecule has 5 heteroatoms. The van der Waals surface area contributed by atoms with Crippen molar-refractivity contribution in [1.82, 2.24) is 15.0 Å². The Morgan fingerprint density at radius 3 is 2.87 bits per heavy atom. The predicted octanol–water partition coefficient (Wildman–Crippen LogP) is 1.90. The average molecular weight is 266 g/mol. The van der Waals surface area contributed by atoms with Gasteiger partial charge < -0.3 is 4.98 Å². The van der Waals surface area contributed by atoms with Crippen LogP contribution >= 0.6 is 15.9 Å². The fourth-order valence-corrected chi connectivity index (χ4v) is 1.40. The van der Waals surface area contributed by atoms with E-state index in [0.717, 1.165) is 5.56 Å². The van der Waals surface area contributed by atoms with Crippen LogP contribution in [0.3, 0.4) is 0 Å². The van der Waals surface area contributed by atoms with Crippen molar-refractivity contribution >= 4 is 15.9 Å². The Balaban J connectivity index is 2.61. The maximum absolute atomic E-state index is 11.5. The van der Waals surface area contributed by atoms with Crippen LogP contribution in [0, 0.1) is 6.92 Å². The van der Waals surface area contributed by atoms with Crippen LogP contribution < -0.4 is 5.56 Å². The van der Waals surface area contributed by atoms with E-state index < -0.39 is 0 Å². The van der Waals surface area contributed by atoms with Gasteiger partial charge in [-0.3, -0.25) is 9.78 Å². The minimum Gasteiger partial charge on any atom is -0.305 e. The molecule has 0 amide bonds. The summed E-state index contributed by atoms with van der Waals surface area (Å²) in [6.45, 7) is 1.78. The standard InChI is InChI=1S/C10H8BrN3O/c1-6-8(11)10(15)14-9(13-6)7-3-2-4-12-5-7/h2-5H,1H3,(H,13,14,15). The van der Waals surface area contributed by atoms with Crippen LogP contribution in [0.4, 0.5) is 0 Å². The topological polar surface area (TPSA) is 58.6 Å². The van der Waals surface area contributed by atoms with Crippen LogP contribution in [0.2, 0.25) is 0 Å². The minimum atomic E-state index is -0.179. The number of nitrogens with zero attached hydrogens (tertiary/aromatic N) is 2. The SMILES string of the molecule is Cc1nc(-c2cccnc2)[nH]c(=O)c1Br. The number of halogens is 1. The lowest BCUT2D eigenvalue weighted by molar-refractivity contribution is 1.05. The van der Waals surface area contributed by atoms with Gasteiger partial charge in [-0.2, -0.15) is 0 Å². The lowest BCUT2D eigenvalue weighted by atomic mass is 10.2. The summed E-state index contributed by atoms with van der Waals surface area (Å²) in [4.78, 5) is 22.4. The number of H-pyrrole nitrogens is 1. The van der Waals surface area contributed by atoms with Gasteiger partial charge in [-0.15, -0.1) is 0 Å². The lowest BCUT2D eigenvalue weighted by Crippen LogP contribution is -2.11. The van der Waals surface area contributed by atoms with Crippen molar-refractivity contribution in [3.63, 3.8) is 0 Å². The number of aromatic amines is 1. The predicted molar refractivity (Wildman–Crippen MR) is 60.5 cm³/mol. The first kappa shape index (κ1) is 10.0. The van der Waals surface area contributed by atoms with E-state index in [9.17, 15) is 4.79 Å². The van der Waals surface area contributed by atoms with Gasteiger partial charge in [0.15, 0.2) is 0 Å². The zero-order valence-corrected chi connectivity index (χ0v) is 9.58. The molecule has 0 spiro atoms. The summed E-state index contributed by atoms with van der Waals surface area (Å²) >= 11 is 3.16. The molecule has 15 heavy (non-hydrogen) atoms. The number of pyridine rings is 1. The molecular formula is C10H8BrN3O. The van der Waals surface area contributed by atoms with Gasteiger partial charge in [0.05, 0.1) is 5.69 Å². The third kappa shape index (κ3) is 1.97. The Labute approximate surface area is 94.5 Å². The van der Waals surface area contributed by atoms with Gasteiger partial charge in [0, 0.05) is 18.0 Å². The number of nitrogens with one attached hydrogen (secondary N) is 1. The van der Waals surface area contributed by atoms with Crippen molar-refractivity contribution < 1.29 is 0 Å². The smallest absolute Gasteiger partial charge is 0.265 e. The molecule has 0 bridgehead atoms. The zero-order valence-electron chi connectivity index (χ0n) is 7.99. The molecule has 0 fully saturated rings. The molecular weight excluding hydrogens is 258 g/mol. The maximum atomic E-state index is 11.5. The zero-order chi connectivity index (χ0) is 10.8. The van der Waals surface area contributed by atoms with Gasteiger partial charge in [-0.1, -0.05) is 0 Å². The lowest BCUT2D eigenvalue weighted by Gasteiger charge is -2.02. The Morgan fingerprint density at radius 2 is 2.27 bits per heavy atom. The molecule has 0 atom stereocenters. The molecule has 2 rings (SSSR count). The number of rotatable bonds is 1. The van der Waals surface area contributed by atoms with Gasteiger partial charge >= 0.3 is 0 Å². The van der Waals surface area contributed by atoms with Gasteiger partial charge in [0.2, 0.25) is 0 Å². The summed E-state index contributed by atoms with van der Waals surface area (Å²) in [5, 5.41) is 0. The highest BCUT2D eigenvalue weighted by molar-refractivity contribution is 9.10. The summed E-state index contributed by atoms with van der Waals surface area (Å²) in [7, 11) is 0. The average Bonchev–Trinajstić information content (AvgIpc) is 2.26. The van der Waals surface area contributed by atoms with E-state index in [0.29, 0.717) is 16.0 Å². The molecule has 4 nitrogen and oxygen atoms in total. The number of aryl methyl sites for hydroxylation is 1. The van der Waals surface area contributed by atoms with Crippen LogP contribution in [-0.2, 0) is 0 Å². The van der Waals surface area contributed by atoms with E-state index >= 15 is 0 Å². The minimum absolute atomic E-state index is 0.179. The van der Waals surface area contributed by atoms with Crippen molar-refractivity contribution in [2.45, 2.75) is 6.92 Å². The summed E-state index contributed by atoms with van der Waals surface area (Å²) in [5.74, 6) is 0.536. The van der Waals surface area contributed by atoms with Crippen LogP contribution in [0.25, 0.3) is 11.4 Å². The second-order valence-corrected chi connectivity index (χ2v) is 3.85. The van der Waals surface area contributed by atoms with E-state index in [2.05, 4.69) is 30.9 Å². The van der Waals surface area contributed by atoms with Crippen molar-refractivity contribution in [3.05, 3.63) is 45.0 Å². The molecule has 2 aromatic heterocycles. The monoisotopic (exact) mass is 265 g/mol. The molecule has 0 radical (unpaired) electrons. The van der Waals surface area contributed by atoms with Gasteiger partial charge in [-0.05, 0) is 35.0 Å². The summed E-state index contributed by atoms with van der Waals surface area (Å²) in [5.41, 5.74) is 1.28. The summed E-state index contributed by atoms with van der Waals surface area (Å²) in [6, 6.07) is 3.64. The highest BCUT2D eigenvalue weighted by Gasteiger charge is 2.06. The summed E-state index contributed by atoms with van der Waals surface area (Å²) in [6.07, 6.45) is 3.33. The Kier molecular flexibility index (Phi) is 2.64. The first-order chi connectivity index (χ1) is 7.18. The third-order valence-corrected chi connectivity index (χ3v) is 2.90. The van der Waals surface area contributed by atoms with Gasteiger partial charge in [0.25, 0.3) is 5.56 Å². The normalized spacial score (nSPS) is 10.3. The molecule has 0 saturated carbocycles. The molecule has 1 N–H and O–H groups in total. The Morgan fingerprint density at radius 1 is 1.47 bits per heavy atom. The van der Waals surface area contributed by atoms with Crippen LogP contribution in [0.5, 0.6) is 0 Å². The van der Waals surface area contributed by atoms with Gasteiger partial charge in [0.1, 0.15) is 10.3 Å². The molecule has 0 aromatic carbocycles. The quantitative estimate of drug-likeness (QED) is 0.857. The molecule has 76 valence electrons. The van der Waals surface area contributed by atoms with E-state index in [-0.39, 0.29) is 5.56 Å². The number of hydrogen-bond acceptors (Lipinski definition) is 3. The van der Waals surface area contributed by atoms with Crippen LogP contribution in [-0.4, -0.2) is 15.0 Å². The van der Waals surface area contributed by atoms with Crippen molar-refractivity contribution in [1.29, 1.82) is 0 Å². The fraction of sp³-hybridized carbons (Fsp3) is 0.100. The largest absolute Gasteiger partial charge is 0.305 e. The Bertz CT molecular complexity index is 536.